The van der Waals surface area contributed by atoms with Gasteiger partial charge in [0.2, 0.25) is 0 Å². The van der Waals surface area contributed by atoms with Crippen molar-refractivity contribution < 1.29 is 0 Å². The lowest BCUT2D eigenvalue weighted by Gasteiger charge is -2.45. The van der Waals surface area contributed by atoms with Crippen LogP contribution in [0.2, 0.25) is 0 Å². The molecule has 1 aliphatic heterocycles. The molecular formula is C17H36N2. The number of likely N-dealkylation sites (tertiary alicyclic amines) is 1. The van der Waals surface area contributed by atoms with Crippen molar-refractivity contribution in [2.24, 2.45) is 5.73 Å². The van der Waals surface area contributed by atoms with Crippen LogP contribution in [-0.2, 0) is 0 Å². The predicted octanol–water partition coefficient (Wildman–Crippen LogP) is 4.33. The van der Waals surface area contributed by atoms with Gasteiger partial charge in [-0.3, -0.25) is 4.90 Å². The minimum absolute atomic E-state index is 0.279. The zero-order chi connectivity index (χ0) is 14.1. The lowest BCUT2D eigenvalue weighted by molar-refractivity contribution is 0.0727. The van der Waals surface area contributed by atoms with Crippen LogP contribution >= 0.6 is 0 Å². The summed E-state index contributed by atoms with van der Waals surface area (Å²) in [7, 11) is 0. The highest BCUT2D eigenvalue weighted by atomic mass is 15.2. The maximum absolute atomic E-state index is 6.63. The Balaban J connectivity index is 2.45. The van der Waals surface area contributed by atoms with Crippen molar-refractivity contribution in [1.29, 1.82) is 0 Å². The third-order valence-corrected chi connectivity index (χ3v) is 5.27. The van der Waals surface area contributed by atoms with Crippen LogP contribution in [0.1, 0.15) is 85.0 Å². The molecule has 0 saturated carbocycles. The molecule has 0 aromatic rings. The SMILES string of the molecule is CCCCCCCC(N)C(CC)(CC)N1CCCC1. The van der Waals surface area contributed by atoms with E-state index in [1.54, 1.807) is 0 Å². The summed E-state index contributed by atoms with van der Waals surface area (Å²) in [6.45, 7) is 9.48. The first-order chi connectivity index (χ1) is 9.21. The molecule has 0 aromatic carbocycles. The molecule has 2 nitrogen and oxygen atoms in total. The first-order valence-corrected chi connectivity index (χ1v) is 8.71. The van der Waals surface area contributed by atoms with Gasteiger partial charge in [-0.05, 0) is 45.2 Å². The number of nitrogens with zero attached hydrogens (tertiary/aromatic N) is 1. The fourth-order valence-corrected chi connectivity index (χ4v) is 3.86. The van der Waals surface area contributed by atoms with Crippen LogP contribution in [0.3, 0.4) is 0 Å². The van der Waals surface area contributed by atoms with E-state index in [0.717, 1.165) is 0 Å². The Hall–Kier alpha value is -0.0800. The van der Waals surface area contributed by atoms with Crippen LogP contribution in [0, 0.1) is 0 Å². The number of unbranched alkanes of at least 4 members (excludes halogenated alkanes) is 4. The van der Waals surface area contributed by atoms with E-state index >= 15 is 0 Å². The molecule has 1 rings (SSSR count). The van der Waals surface area contributed by atoms with Gasteiger partial charge < -0.3 is 5.73 Å². The van der Waals surface area contributed by atoms with Crippen LogP contribution in [-0.4, -0.2) is 29.6 Å². The van der Waals surface area contributed by atoms with E-state index in [-0.39, 0.29) is 5.54 Å². The number of hydrogen-bond acceptors (Lipinski definition) is 2. The van der Waals surface area contributed by atoms with E-state index in [1.807, 2.05) is 0 Å². The Labute approximate surface area is 121 Å². The molecule has 1 heterocycles. The Bertz CT molecular complexity index is 217. The molecule has 0 radical (unpaired) electrons. The highest BCUT2D eigenvalue weighted by Crippen LogP contribution is 2.32. The van der Waals surface area contributed by atoms with Crippen molar-refractivity contribution >= 4 is 0 Å². The lowest BCUT2D eigenvalue weighted by atomic mass is 9.80. The molecule has 0 spiro atoms. The van der Waals surface area contributed by atoms with Crippen LogP contribution in [0.25, 0.3) is 0 Å². The Morgan fingerprint density at radius 1 is 0.947 bits per heavy atom. The topological polar surface area (TPSA) is 29.3 Å². The Morgan fingerprint density at radius 3 is 2.05 bits per heavy atom. The second-order valence-corrected chi connectivity index (χ2v) is 6.31. The van der Waals surface area contributed by atoms with Gasteiger partial charge in [0.15, 0.2) is 0 Å². The monoisotopic (exact) mass is 268 g/mol. The molecule has 1 atom stereocenters. The van der Waals surface area contributed by atoms with Crippen LogP contribution in [0.4, 0.5) is 0 Å². The molecule has 2 N–H and O–H groups in total. The second-order valence-electron chi connectivity index (χ2n) is 6.31. The Kier molecular flexibility index (Phi) is 8.01. The summed E-state index contributed by atoms with van der Waals surface area (Å²) in [6.07, 6.45) is 13.1. The van der Waals surface area contributed by atoms with E-state index in [9.17, 15) is 0 Å². The summed E-state index contributed by atoms with van der Waals surface area (Å²) >= 11 is 0. The maximum atomic E-state index is 6.63. The highest BCUT2D eigenvalue weighted by Gasteiger charge is 2.39. The van der Waals surface area contributed by atoms with Gasteiger partial charge >= 0.3 is 0 Å². The standard InChI is InChI=1S/C17H36N2/c1-4-7-8-9-10-13-16(18)17(5-2,6-3)19-14-11-12-15-19/h16H,4-15,18H2,1-3H3. The van der Waals surface area contributed by atoms with Gasteiger partial charge in [0, 0.05) is 11.6 Å². The van der Waals surface area contributed by atoms with E-state index < -0.39 is 0 Å². The van der Waals surface area contributed by atoms with Gasteiger partial charge in [-0.1, -0.05) is 52.9 Å². The molecule has 1 fully saturated rings. The van der Waals surface area contributed by atoms with Gasteiger partial charge in [0.25, 0.3) is 0 Å². The van der Waals surface area contributed by atoms with Crippen LogP contribution < -0.4 is 5.73 Å². The van der Waals surface area contributed by atoms with Crippen molar-refractivity contribution in [1.82, 2.24) is 4.90 Å². The first kappa shape index (κ1) is 17.0. The molecule has 0 aliphatic carbocycles. The average Bonchev–Trinajstić information content (AvgIpc) is 2.95. The van der Waals surface area contributed by atoms with Crippen molar-refractivity contribution in [3.63, 3.8) is 0 Å². The average molecular weight is 268 g/mol. The zero-order valence-electron chi connectivity index (χ0n) is 13.6. The number of hydrogen-bond donors (Lipinski definition) is 1. The third-order valence-electron chi connectivity index (χ3n) is 5.27. The molecule has 1 aliphatic rings. The smallest absolute Gasteiger partial charge is 0.0355 e. The molecule has 0 bridgehead atoms. The summed E-state index contributed by atoms with van der Waals surface area (Å²) in [5.74, 6) is 0. The zero-order valence-corrected chi connectivity index (χ0v) is 13.6. The maximum Gasteiger partial charge on any atom is 0.0355 e. The van der Waals surface area contributed by atoms with E-state index in [1.165, 1.54) is 77.3 Å². The molecular weight excluding hydrogens is 232 g/mol. The fourth-order valence-electron chi connectivity index (χ4n) is 3.86. The van der Waals surface area contributed by atoms with Gasteiger partial charge in [-0.2, -0.15) is 0 Å². The molecule has 114 valence electrons. The van der Waals surface area contributed by atoms with Gasteiger partial charge in [0.1, 0.15) is 0 Å². The summed E-state index contributed by atoms with van der Waals surface area (Å²) in [4.78, 5) is 2.70. The van der Waals surface area contributed by atoms with Crippen molar-refractivity contribution in [2.45, 2.75) is 96.6 Å². The minimum atomic E-state index is 0.279. The van der Waals surface area contributed by atoms with Gasteiger partial charge in [-0.15, -0.1) is 0 Å². The third kappa shape index (κ3) is 4.46. The normalized spacial score (nSPS) is 18.9. The highest BCUT2D eigenvalue weighted by molar-refractivity contribution is 4.98. The molecule has 1 unspecified atom stereocenters. The minimum Gasteiger partial charge on any atom is -0.326 e. The number of rotatable bonds is 10. The van der Waals surface area contributed by atoms with Gasteiger partial charge in [0.05, 0.1) is 0 Å². The van der Waals surface area contributed by atoms with Crippen LogP contribution in [0.5, 0.6) is 0 Å². The summed E-state index contributed by atoms with van der Waals surface area (Å²) in [6, 6.07) is 0.363. The molecule has 2 heteroatoms. The summed E-state index contributed by atoms with van der Waals surface area (Å²) < 4.78 is 0. The number of nitrogens with two attached hydrogens (primary N) is 1. The van der Waals surface area contributed by atoms with Crippen LogP contribution in [0.15, 0.2) is 0 Å². The fraction of sp³-hybridized carbons (Fsp3) is 1.00. The van der Waals surface area contributed by atoms with Crippen molar-refractivity contribution in [2.75, 3.05) is 13.1 Å². The molecule has 0 aromatic heterocycles. The summed E-state index contributed by atoms with van der Waals surface area (Å²) in [5.41, 5.74) is 6.91. The second kappa shape index (κ2) is 8.97. The molecule has 1 saturated heterocycles. The van der Waals surface area contributed by atoms with E-state index in [2.05, 4.69) is 25.7 Å². The van der Waals surface area contributed by atoms with Crippen molar-refractivity contribution in [3.05, 3.63) is 0 Å². The van der Waals surface area contributed by atoms with E-state index in [4.69, 9.17) is 5.73 Å². The largest absolute Gasteiger partial charge is 0.326 e. The quantitative estimate of drug-likeness (QED) is 0.598. The Morgan fingerprint density at radius 2 is 1.53 bits per heavy atom. The first-order valence-electron chi connectivity index (χ1n) is 8.71. The predicted molar refractivity (Wildman–Crippen MR) is 85.5 cm³/mol. The summed E-state index contributed by atoms with van der Waals surface area (Å²) in [5, 5.41) is 0. The molecule has 0 amide bonds. The van der Waals surface area contributed by atoms with E-state index in [0.29, 0.717) is 6.04 Å². The van der Waals surface area contributed by atoms with Crippen molar-refractivity contribution in [3.8, 4) is 0 Å². The van der Waals surface area contributed by atoms with Gasteiger partial charge in [-0.25, -0.2) is 0 Å². The molecule has 19 heavy (non-hydrogen) atoms. The lowest BCUT2D eigenvalue weighted by Crippen LogP contribution is -2.58.